The van der Waals surface area contributed by atoms with Gasteiger partial charge in [0.05, 0.1) is 17.0 Å². The molecular formula is C17H20N2O4S. The number of rotatable bonds is 3. The van der Waals surface area contributed by atoms with Crippen molar-refractivity contribution in [1.82, 2.24) is 4.90 Å². The van der Waals surface area contributed by atoms with Crippen LogP contribution in [0.5, 0.6) is 0 Å². The minimum absolute atomic E-state index is 0.0904. The topological polar surface area (TPSA) is 75.7 Å². The molecule has 0 saturated carbocycles. The average molecular weight is 348 g/mol. The van der Waals surface area contributed by atoms with Crippen molar-refractivity contribution in [2.75, 3.05) is 30.8 Å². The van der Waals surface area contributed by atoms with Crippen LogP contribution in [0.1, 0.15) is 30.1 Å². The Morgan fingerprint density at radius 1 is 1.42 bits per heavy atom. The van der Waals surface area contributed by atoms with Gasteiger partial charge in [-0.1, -0.05) is 6.92 Å². The Morgan fingerprint density at radius 3 is 3.04 bits per heavy atom. The van der Waals surface area contributed by atoms with Crippen LogP contribution in [0.15, 0.2) is 23.1 Å². The van der Waals surface area contributed by atoms with Gasteiger partial charge in [0.2, 0.25) is 5.91 Å². The number of nitrogens with one attached hydrogen (secondary N) is 1. The molecule has 0 aliphatic carbocycles. The maximum Gasteiger partial charge on any atom is 0.338 e. The lowest BCUT2D eigenvalue weighted by atomic mass is 10.0. The number of benzene rings is 1. The van der Waals surface area contributed by atoms with Crippen molar-refractivity contribution in [3.05, 3.63) is 23.8 Å². The summed E-state index contributed by atoms with van der Waals surface area (Å²) in [5, 5.41) is 2.73. The maximum atomic E-state index is 12.2. The zero-order valence-corrected chi connectivity index (χ0v) is 14.4. The number of anilines is 1. The van der Waals surface area contributed by atoms with Crippen molar-refractivity contribution in [2.24, 2.45) is 5.92 Å². The molecule has 2 amide bonds. The van der Waals surface area contributed by atoms with Gasteiger partial charge in [-0.2, -0.15) is 0 Å². The van der Waals surface area contributed by atoms with Gasteiger partial charge in [0.1, 0.15) is 0 Å². The Balaban J connectivity index is 1.58. The van der Waals surface area contributed by atoms with Gasteiger partial charge in [-0.05, 0) is 37.0 Å². The Labute approximate surface area is 144 Å². The molecule has 1 saturated heterocycles. The van der Waals surface area contributed by atoms with Crippen LogP contribution in [0.25, 0.3) is 0 Å². The molecule has 128 valence electrons. The van der Waals surface area contributed by atoms with E-state index in [-0.39, 0.29) is 18.4 Å². The number of nitrogens with zero attached hydrogens (tertiary/aromatic N) is 1. The number of esters is 1. The van der Waals surface area contributed by atoms with E-state index in [1.807, 2.05) is 0 Å². The maximum absolute atomic E-state index is 12.2. The molecule has 2 heterocycles. The van der Waals surface area contributed by atoms with Gasteiger partial charge in [-0.3, -0.25) is 9.59 Å². The van der Waals surface area contributed by atoms with Crippen LogP contribution >= 0.6 is 11.8 Å². The molecule has 1 aromatic rings. The monoisotopic (exact) mass is 348 g/mol. The van der Waals surface area contributed by atoms with Crippen LogP contribution in [-0.2, 0) is 14.3 Å². The summed E-state index contributed by atoms with van der Waals surface area (Å²) < 4.78 is 5.15. The lowest BCUT2D eigenvalue weighted by Gasteiger charge is -2.30. The Bertz CT molecular complexity index is 677. The fraction of sp³-hybridized carbons (Fsp3) is 0.471. The molecule has 2 aliphatic heterocycles. The number of amides is 2. The number of ether oxygens (including phenoxy) is 1. The Kier molecular flexibility index (Phi) is 5.08. The fourth-order valence-corrected chi connectivity index (χ4v) is 3.72. The lowest BCUT2D eigenvalue weighted by Crippen LogP contribution is -2.41. The number of carbonyl (C=O) groups excluding carboxylic acids is 3. The zero-order valence-electron chi connectivity index (χ0n) is 13.5. The third-order valence-electron chi connectivity index (χ3n) is 4.18. The van der Waals surface area contributed by atoms with Crippen molar-refractivity contribution in [3.63, 3.8) is 0 Å². The van der Waals surface area contributed by atoms with Crippen molar-refractivity contribution >= 4 is 35.2 Å². The largest absolute Gasteiger partial charge is 0.452 e. The summed E-state index contributed by atoms with van der Waals surface area (Å²) in [6, 6.07) is 5.03. The van der Waals surface area contributed by atoms with E-state index in [1.54, 1.807) is 23.1 Å². The van der Waals surface area contributed by atoms with E-state index < -0.39 is 5.97 Å². The molecule has 1 N–H and O–H groups in total. The van der Waals surface area contributed by atoms with Crippen molar-refractivity contribution in [1.29, 1.82) is 0 Å². The van der Waals surface area contributed by atoms with E-state index in [0.29, 0.717) is 22.9 Å². The van der Waals surface area contributed by atoms with E-state index in [9.17, 15) is 14.4 Å². The smallest absolute Gasteiger partial charge is 0.338 e. The summed E-state index contributed by atoms with van der Waals surface area (Å²) in [6.07, 6.45) is 2.12. The molecule has 1 atom stereocenters. The third-order valence-corrected chi connectivity index (χ3v) is 5.26. The first kappa shape index (κ1) is 16.8. The van der Waals surface area contributed by atoms with Crippen LogP contribution in [0, 0.1) is 5.92 Å². The van der Waals surface area contributed by atoms with Gasteiger partial charge in [-0.15, -0.1) is 11.8 Å². The predicted molar refractivity (Wildman–Crippen MR) is 91.1 cm³/mol. The van der Waals surface area contributed by atoms with Crippen LogP contribution in [0.3, 0.4) is 0 Å². The molecule has 3 rings (SSSR count). The van der Waals surface area contributed by atoms with Gasteiger partial charge in [0.25, 0.3) is 5.91 Å². The molecule has 0 aromatic heterocycles. The summed E-state index contributed by atoms with van der Waals surface area (Å²) in [7, 11) is 0. The zero-order chi connectivity index (χ0) is 17.1. The number of hydrogen-bond acceptors (Lipinski definition) is 5. The average Bonchev–Trinajstić information content (AvgIpc) is 2.58. The fourth-order valence-electron chi connectivity index (χ4n) is 2.93. The van der Waals surface area contributed by atoms with E-state index >= 15 is 0 Å². The molecular weight excluding hydrogens is 328 g/mol. The summed E-state index contributed by atoms with van der Waals surface area (Å²) in [5.74, 6) is 0.0600. The van der Waals surface area contributed by atoms with E-state index in [2.05, 4.69) is 12.2 Å². The molecule has 1 aromatic carbocycles. The van der Waals surface area contributed by atoms with Gasteiger partial charge < -0.3 is 15.0 Å². The van der Waals surface area contributed by atoms with Gasteiger partial charge in [0.15, 0.2) is 6.61 Å². The van der Waals surface area contributed by atoms with E-state index in [4.69, 9.17) is 4.74 Å². The van der Waals surface area contributed by atoms with Crippen LogP contribution in [0.4, 0.5) is 5.69 Å². The summed E-state index contributed by atoms with van der Waals surface area (Å²) in [6.45, 7) is 3.32. The number of carbonyl (C=O) groups is 3. The summed E-state index contributed by atoms with van der Waals surface area (Å²) in [4.78, 5) is 38.4. The van der Waals surface area contributed by atoms with Crippen LogP contribution < -0.4 is 5.32 Å². The molecule has 0 spiro atoms. The highest BCUT2D eigenvalue weighted by molar-refractivity contribution is 8.00. The number of thioether (sulfide) groups is 1. The lowest BCUT2D eigenvalue weighted by molar-refractivity contribution is -0.136. The minimum Gasteiger partial charge on any atom is -0.452 e. The van der Waals surface area contributed by atoms with Gasteiger partial charge in [-0.25, -0.2) is 4.79 Å². The third kappa shape index (κ3) is 3.90. The Hall–Kier alpha value is -2.02. The standard InChI is InChI=1S/C17H20N2O4S/c1-11-3-2-6-19(8-11)16(21)9-23-17(22)12-4-5-14-13(7-12)18-15(20)10-24-14/h4-5,7,11H,2-3,6,8-10H2,1H3,(H,18,20)/t11-/m0/s1. The van der Waals surface area contributed by atoms with Gasteiger partial charge >= 0.3 is 5.97 Å². The minimum atomic E-state index is -0.555. The van der Waals surface area contributed by atoms with Gasteiger partial charge in [0, 0.05) is 18.0 Å². The number of hydrogen-bond donors (Lipinski definition) is 1. The highest BCUT2D eigenvalue weighted by Crippen LogP contribution is 2.32. The molecule has 0 unspecified atom stereocenters. The summed E-state index contributed by atoms with van der Waals surface area (Å²) >= 11 is 1.43. The van der Waals surface area contributed by atoms with Crippen molar-refractivity contribution in [3.8, 4) is 0 Å². The van der Waals surface area contributed by atoms with Crippen LogP contribution in [-0.4, -0.2) is 48.1 Å². The first-order valence-electron chi connectivity index (χ1n) is 8.04. The van der Waals surface area contributed by atoms with Crippen LogP contribution in [0.2, 0.25) is 0 Å². The molecule has 0 bridgehead atoms. The Morgan fingerprint density at radius 2 is 2.25 bits per heavy atom. The molecule has 1 fully saturated rings. The highest BCUT2D eigenvalue weighted by Gasteiger charge is 2.23. The SMILES string of the molecule is C[C@H]1CCCN(C(=O)COC(=O)c2ccc3c(c2)NC(=O)CS3)C1. The molecule has 24 heavy (non-hydrogen) atoms. The van der Waals surface area contributed by atoms with Crippen molar-refractivity contribution in [2.45, 2.75) is 24.7 Å². The molecule has 0 radical (unpaired) electrons. The normalized spacial score (nSPS) is 20.1. The quantitative estimate of drug-likeness (QED) is 0.847. The predicted octanol–water partition coefficient (Wildman–Crippen LogP) is 2.15. The second kappa shape index (κ2) is 7.25. The second-order valence-electron chi connectivity index (χ2n) is 6.21. The van der Waals surface area contributed by atoms with E-state index in [1.165, 1.54) is 11.8 Å². The molecule has 2 aliphatic rings. The second-order valence-corrected chi connectivity index (χ2v) is 7.23. The highest BCUT2D eigenvalue weighted by atomic mass is 32.2. The number of fused-ring (bicyclic) bond motifs is 1. The first-order chi connectivity index (χ1) is 11.5. The summed E-state index contributed by atoms with van der Waals surface area (Å²) in [5.41, 5.74) is 0.943. The first-order valence-corrected chi connectivity index (χ1v) is 9.03. The number of piperidine rings is 1. The van der Waals surface area contributed by atoms with E-state index in [0.717, 1.165) is 30.8 Å². The molecule has 6 nitrogen and oxygen atoms in total. The molecule has 7 heteroatoms. The van der Waals surface area contributed by atoms with Crippen molar-refractivity contribution < 1.29 is 19.1 Å². The number of likely N-dealkylation sites (tertiary alicyclic amines) is 1.